The molecule has 0 N–H and O–H groups in total. The van der Waals surface area contributed by atoms with Gasteiger partial charge in [0.05, 0.1) is 20.8 Å². The second-order valence-corrected chi connectivity index (χ2v) is 8.00. The van der Waals surface area contributed by atoms with Crippen LogP contribution in [-0.2, 0) is 11.2 Å². The minimum Gasteiger partial charge on any atom is -0.367 e. The average molecular weight is 445 g/mol. The first-order valence-corrected chi connectivity index (χ1v) is 10.3. The fourth-order valence-corrected chi connectivity index (χ4v) is 4.20. The summed E-state index contributed by atoms with van der Waals surface area (Å²) in [4.78, 5) is 20.6. The Morgan fingerprint density at radius 2 is 1.79 bits per heavy atom. The van der Waals surface area contributed by atoms with E-state index in [9.17, 15) is 9.18 Å². The van der Waals surface area contributed by atoms with E-state index in [2.05, 4.69) is 9.88 Å². The van der Waals surface area contributed by atoms with Crippen molar-refractivity contribution in [2.45, 2.75) is 25.7 Å². The van der Waals surface area contributed by atoms with Crippen LogP contribution in [-0.4, -0.2) is 42.0 Å². The lowest BCUT2D eigenvalue weighted by atomic mass is 10.1. The molecule has 0 atom stereocenters. The first kappa shape index (κ1) is 21.2. The van der Waals surface area contributed by atoms with Gasteiger partial charge < -0.3 is 9.80 Å². The molecule has 8 heteroatoms. The summed E-state index contributed by atoms with van der Waals surface area (Å²) in [7, 11) is 0. The lowest BCUT2D eigenvalue weighted by molar-refractivity contribution is -0.131. The molecule has 0 unspecified atom stereocenters. The van der Waals surface area contributed by atoms with E-state index in [1.165, 1.54) is 6.07 Å². The van der Waals surface area contributed by atoms with Crippen molar-refractivity contribution in [3.05, 3.63) is 57.0 Å². The third kappa shape index (κ3) is 5.28. The third-order valence-corrected chi connectivity index (χ3v) is 5.68. The van der Waals surface area contributed by atoms with E-state index in [1.807, 2.05) is 4.90 Å². The molecule has 28 heavy (non-hydrogen) atoms. The van der Waals surface area contributed by atoms with E-state index in [4.69, 9.17) is 34.8 Å². The standard InChI is InChI=1S/C20H21Cl3FN3O/c21-15-11-14(5-6-18(15)24)3-1-4-19(28)26-7-2-8-27(10-9-26)20-16(22)12-25-13-17(20)23/h5-6,11-13H,1-4,7-10H2. The smallest absolute Gasteiger partial charge is 0.222 e. The van der Waals surface area contributed by atoms with E-state index in [1.54, 1.807) is 24.5 Å². The molecule has 2 aromatic rings. The van der Waals surface area contributed by atoms with Crippen LogP contribution in [0.2, 0.25) is 15.1 Å². The number of amides is 1. The van der Waals surface area contributed by atoms with Gasteiger partial charge in [-0.15, -0.1) is 0 Å². The lowest BCUT2D eigenvalue weighted by Gasteiger charge is -2.25. The Morgan fingerprint density at radius 3 is 2.50 bits per heavy atom. The molecule has 0 aliphatic carbocycles. The van der Waals surface area contributed by atoms with Gasteiger partial charge in [-0.05, 0) is 37.0 Å². The number of carbonyl (C=O) groups is 1. The van der Waals surface area contributed by atoms with E-state index in [-0.39, 0.29) is 10.9 Å². The van der Waals surface area contributed by atoms with Crippen LogP contribution in [0.25, 0.3) is 0 Å². The first-order chi connectivity index (χ1) is 13.5. The maximum absolute atomic E-state index is 13.2. The highest BCUT2D eigenvalue weighted by molar-refractivity contribution is 6.38. The van der Waals surface area contributed by atoms with Crippen molar-refractivity contribution in [2.24, 2.45) is 0 Å². The largest absolute Gasteiger partial charge is 0.367 e. The molecule has 0 saturated carbocycles. The Kier molecular flexibility index (Phi) is 7.38. The summed E-state index contributed by atoms with van der Waals surface area (Å²) in [5.41, 5.74) is 1.71. The molecule has 0 spiro atoms. The number of aromatic nitrogens is 1. The van der Waals surface area contributed by atoms with Gasteiger partial charge in [-0.3, -0.25) is 9.78 Å². The Bertz CT molecular complexity index is 829. The molecule has 1 aromatic heterocycles. The quantitative estimate of drug-likeness (QED) is 0.632. The van der Waals surface area contributed by atoms with Crippen molar-refractivity contribution in [3.8, 4) is 0 Å². The molecule has 0 bridgehead atoms. The van der Waals surface area contributed by atoms with Crippen LogP contribution < -0.4 is 4.90 Å². The Balaban J connectivity index is 1.52. The van der Waals surface area contributed by atoms with Crippen molar-refractivity contribution in [3.63, 3.8) is 0 Å². The summed E-state index contributed by atoms with van der Waals surface area (Å²) in [6, 6.07) is 4.68. The van der Waals surface area contributed by atoms with Gasteiger partial charge in [-0.2, -0.15) is 0 Å². The SMILES string of the molecule is O=C(CCCc1ccc(F)c(Cl)c1)N1CCCN(c2c(Cl)cncc2Cl)CC1. The molecule has 1 saturated heterocycles. The molecule has 1 aliphatic rings. The van der Waals surface area contributed by atoms with E-state index >= 15 is 0 Å². The molecule has 0 radical (unpaired) electrons. The molecule has 1 aromatic carbocycles. The fraction of sp³-hybridized carbons (Fsp3) is 0.400. The average Bonchev–Trinajstić information content (AvgIpc) is 2.91. The Hall–Kier alpha value is -1.56. The van der Waals surface area contributed by atoms with Gasteiger partial charge in [0, 0.05) is 45.0 Å². The minimum atomic E-state index is -0.426. The molecule has 3 rings (SSSR count). The number of aryl methyl sites for hydroxylation is 1. The van der Waals surface area contributed by atoms with Crippen LogP contribution in [0.3, 0.4) is 0 Å². The third-order valence-electron chi connectivity index (χ3n) is 4.83. The van der Waals surface area contributed by atoms with Gasteiger partial charge in [0.15, 0.2) is 0 Å². The van der Waals surface area contributed by atoms with Crippen LogP contribution in [0.15, 0.2) is 30.6 Å². The molecule has 1 amide bonds. The number of hydrogen-bond donors (Lipinski definition) is 0. The predicted octanol–water partition coefficient (Wildman–Crippen LogP) is 5.24. The monoisotopic (exact) mass is 443 g/mol. The zero-order chi connectivity index (χ0) is 20.1. The number of pyridine rings is 1. The number of hydrogen-bond acceptors (Lipinski definition) is 3. The summed E-state index contributed by atoms with van der Waals surface area (Å²) in [5.74, 6) is -0.299. The maximum Gasteiger partial charge on any atom is 0.222 e. The molecular formula is C20H21Cl3FN3O. The second-order valence-electron chi connectivity index (χ2n) is 6.78. The fourth-order valence-electron chi connectivity index (χ4n) is 3.39. The van der Waals surface area contributed by atoms with Crippen molar-refractivity contribution < 1.29 is 9.18 Å². The van der Waals surface area contributed by atoms with Crippen molar-refractivity contribution in [1.82, 2.24) is 9.88 Å². The van der Waals surface area contributed by atoms with Crippen LogP contribution in [0.1, 0.15) is 24.8 Å². The summed E-state index contributed by atoms with van der Waals surface area (Å²) in [6.45, 7) is 2.78. The predicted molar refractivity (Wildman–Crippen MR) is 112 cm³/mol. The summed E-state index contributed by atoms with van der Waals surface area (Å²) in [6.07, 6.45) is 5.84. The van der Waals surface area contributed by atoms with Gasteiger partial charge in [0.1, 0.15) is 5.82 Å². The molecule has 150 valence electrons. The second kappa shape index (κ2) is 9.77. The van der Waals surface area contributed by atoms with Crippen LogP contribution in [0, 0.1) is 5.82 Å². The first-order valence-electron chi connectivity index (χ1n) is 9.21. The zero-order valence-electron chi connectivity index (χ0n) is 15.3. The number of carbonyl (C=O) groups excluding carboxylic acids is 1. The highest BCUT2D eigenvalue weighted by Crippen LogP contribution is 2.33. The van der Waals surface area contributed by atoms with Crippen LogP contribution in [0.5, 0.6) is 0 Å². The molecular weight excluding hydrogens is 424 g/mol. The van der Waals surface area contributed by atoms with Gasteiger partial charge in [-0.1, -0.05) is 40.9 Å². The van der Waals surface area contributed by atoms with Crippen molar-refractivity contribution >= 4 is 46.4 Å². The van der Waals surface area contributed by atoms with E-state index in [0.717, 1.165) is 24.2 Å². The number of anilines is 1. The van der Waals surface area contributed by atoms with Gasteiger partial charge in [0.25, 0.3) is 0 Å². The van der Waals surface area contributed by atoms with Crippen LogP contribution in [0.4, 0.5) is 10.1 Å². The highest BCUT2D eigenvalue weighted by atomic mass is 35.5. The summed E-state index contributed by atoms with van der Waals surface area (Å²) < 4.78 is 13.2. The molecule has 2 heterocycles. The topological polar surface area (TPSA) is 36.4 Å². The highest BCUT2D eigenvalue weighted by Gasteiger charge is 2.22. The van der Waals surface area contributed by atoms with Gasteiger partial charge >= 0.3 is 0 Å². The molecule has 4 nitrogen and oxygen atoms in total. The zero-order valence-corrected chi connectivity index (χ0v) is 17.6. The minimum absolute atomic E-state index is 0.116. The van der Waals surface area contributed by atoms with Crippen LogP contribution >= 0.6 is 34.8 Å². The van der Waals surface area contributed by atoms with E-state index < -0.39 is 5.82 Å². The summed E-state index contributed by atoms with van der Waals surface area (Å²) in [5, 5.41) is 1.15. The normalized spacial score (nSPS) is 14.9. The lowest BCUT2D eigenvalue weighted by Crippen LogP contribution is -2.35. The van der Waals surface area contributed by atoms with Gasteiger partial charge in [-0.25, -0.2) is 4.39 Å². The number of nitrogens with zero attached hydrogens (tertiary/aromatic N) is 3. The van der Waals surface area contributed by atoms with Crippen molar-refractivity contribution in [2.75, 3.05) is 31.1 Å². The number of rotatable bonds is 5. The summed E-state index contributed by atoms with van der Waals surface area (Å²) >= 11 is 18.3. The van der Waals surface area contributed by atoms with E-state index in [0.29, 0.717) is 48.9 Å². The molecule has 1 fully saturated rings. The molecule has 1 aliphatic heterocycles. The van der Waals surface area contributed by atoms with Gasteiger partial charge in [0.2, 0.25) is 5.91 Å². The number of benzene rings is 1. The Labute approximate surface area is 179 Å². The Morgan fingerprint density at radius 1 is 1.04 bits per heavy atom. The number of halogens is 4. The maximum atomic E-state index is 13.2. The van der Waals surface area contributed by atoms with Crippen molar-refractivity contribution in [1.29, 1.82) is 0 Å².